The average molecular weight is 306 g/mol. The Morgan fingerprint density at radius 3 is 2.73 bits per heavy atom. The first-order chi connectivity index (χ1) is 10.6. The van der Waals surface area contributed by atoms with Gasteiger partial charge in [-0.05, 0) is 31.6 Å². The van der Waals surface area contributed by atoms with Crippen molar-refractivity contribution in [2.45, 2.75) is 32.7 Å². The van der Waals surface area contributed by atoms with Crippen LogP contribution in [0.1, 0.15) is 30.9 Å². The maximum Gasteiger partial charge on any atom is 0.194 e. The maximum atomic E-state index is 5.52. The summed E-state index contributed by atoms with van der Waals surface area (Å²) >= 11 is 0. The third-order valence-electron chi connectivity index (χ3n) is 5.09. The fourth-order valence-corrected chi connectivity index (χ4v) is 3.42. The van der Waals surface area contributed by atoms with Crippen LogP contribution in [0, 0.1) is 12.3 Å². The van der Waals surface area contributed by atoms with Gasteiger partial charge < -0.3 is 19.5 Å². The number of nitrogens with one attached hydrogen (secondary N) is 1. The molecule has 0 amide bonds. The van der Waals surface area contributed by atoms with Crippen LogP contribution in [0.25, 0.3) is 0 Å². The molecular weight excluding hydrogens is 280 g/mol. The van der Waals surface area contributed by atoms with Gasteiger partial charge in [-0.3, -0.25) is 4.99 Å². The molecule has 0 saturated carbocycles. The minimum absolute atomic E-state index is 0.428. The molecule has 22 heavy (non-hydrogen) atoms. The summed E-state index contributed by atoms with van der Waals surface area (Å²) < 4.78 is 7.52. The van der Waals surface area contributed by atoms with Gasteiger partial charge in [-0.25, -0.2) is 0 Å². The van der Waals surface area contributed by atoms with Crippen molar-refractivity contribution in [2.24, 2.45) is 17.5 Å². The predicted molar refractivity (Wildman–Crippen MR) is 84.6 cm³/mol. The Bertz CT molecular complexity index is 546. The lowest BCUT2D eigenvalue weighted by Gasteiger charge is -2.33. The van der Waals surface area contributed by atoms with E-state index in [-0.39, 0.29) is 0 Å². The molecule has 0 bridgehead atoms. The van der Waals surface area contributed by atoms with E-state index < -0.39 is 0 Å². The average Bonchev–Trinajstić information content (AvgIpc) is 3.07. The first-order valence-electron chi connectivity index (χ1n) is 8.02. The number of ether oxygens (including phenoxy) is 1. The minimum Gasteiger partial charge on any atom is -0.381 e. The van der Waals surface area contributed by atoms with E-state index in [9.17, 15) is 0 Å². The molecule has 1 spiro atoms. The molecular formula is C15H26N6O. The van der Waals surface area contributed by atoms with Gasteiger partial charge in [0, 0.05) is 40.4 Å². The third-order valence-corrected chi connectivity index (χ3v) is 5.09. The fraction of sp³-hybridized carbons (Fsp3) is 0.800. The molecule has 2 aliphatic heterocycles. The van der Waals surface area contributed by atoms with E-state index in [0.29, 0.717) is 12.0 Å². The van der Waals surface area contributed by atoms with Gasteiger partial charge >= 0.3 is 0 Å². The van der Waals surface area contributed by atoms with Gasteiger partial charge in [-0.1, -0.05) is 0 Å². The number of likely N-dealkylation sites (tertiary alicyclic amines) is 1. The summed E-state index contributed by atoms with van der Waals surface area (Å²) in [4.78, 5) is 6.81. The second kappa shape index (κ2) is 6.24. The fourth-order valence-electron chi connectivity index (χ4n) is 3.42. The van der Waals surface area contributed by atoms with Gasteiger partial charge in [0.2, 0.25) is 0 Å². The van der Waals surface area contributed by atoms with E-state index in [1.807, 2.05) is 25.6 Å². The standard InChI is InChI=1S/C15H26N6O/c1-12-18-19-13(20(12)3)10-17-14(16-2)21-7-4-15(11-21)5-8-22-9-6-15/h4-11H2,1-3H3,(H,16,17). The topological polar surface area (TPSA) is 67.6 Å². The molecule has 0 aliphatic carbocycles. The van der Waals surface area contributed by atoms with Gasteiger partial charge in [0.05, 0.1) is 6.54 Å². The molecule has 2 fully saturated rings. The Balaban J connectivity index is 1.59. The van der Waals surface area contributed by atoms with Gasteiger partial charge in [-0.2, -0.15) is 0 Å². The lowest BCUT2D eigenvalue weighted by atomic mass is 9.80. The third kappa shape index (κ3) is 2.95. The molecule has 0 unspecified atom stereocenters. The highest BCUT2D eigenvalue weighted by molar-refractivity contribution is 5.80. The molecule has 2 saturated heterocycles. The largest absolute Gasteiger partial charge is 0.381 e. The van der Waals surface area contributed by atoms with Crippen LogP contribution >= 0.6 is 0 Å². The van der Waals surface area contributed by atoms with Crippen LogP contribution in [0.4, 0.5) is 0 Å². The van der Waals surface area contributed by atoms with E-state index in [1.165, 1.54) is 19.3 Å². The van der Waals surface area contributed by atoms with Crippen molar-refractivity contribution in [3.63, 3.8) is 0 Å². The highest BCUT2D eigenvalue weighted by atomic mass is 16.5. The number of rotatable bonds is 2. The zero-order valence-electron chi connectivity index (χ0n) is 13.8. The second-order valence-corrected chi connectivity index (χ2v) is 6.41. The molecule has 1 aromatic heterocycles. The quantitative estimate of drug-likeness (QED) is 0.643. The molecule has 3 heterocycles. The molecule has 2 aliphatic rings. The summed E-state index contributed by atoms with van der Waals surface area (Å²) in [7, 11) is 3.83. The Labute approximate surface area is 131 Å². The SMILES string of the molecule is CN=C(NCc1nnc(C)n1C)N1CCC2(CCOCC2)C1. The molecule has 0 atom stereocenters. The normalized spacial score (nSPS) is 21.6. The number of aliphatic imine (C=N–C) groups is 1. The monoisotopic (exact) mass is 306 g/mol. The molecule has 122 valence electrons. The van der Waals surface area contributed by atoms with E-state index in [2.05, 4.69) is 25.4 Å². The Kier molecular flexibility index (Phi) is 4.33. The highest BCUT2D eigenvalue weighted by Crippen LogP contribution is 2.39. The van der Waals surface area contributed by atoms with Crippen molar-refractivity contribution in [2.75, 3.05) is 33.4 Å². The molecule has 0 aromatic carbocycles. The van der Waals surface area contributed by atoms with Crippen molar-refractivity contribution >= 4 is 5.96 Å². The zero-order valence-corrected chi connectivity index (χ0v) is 13.8. The Morgan fingerprint density at radius 1 is 1.32 bits per heavy atom. The van der Waals surface area contributed by atoms with Crippen LogP contribution < -0.4 is 5.32 Å². The summed E-state index contributed by atoms with van der Waals surface area (Å²) in [6.07, 6.45) is 3.58. The highest BCUT2D eigenvalue weighted by Gasteiger charge is 2.40. The first kappa shape index (κ1) is 15.3. The van der Waals surface area contributed by atoms with Gasteiger partial charge in [0.1, 0.15) is 5.82 Å². The van der Waals surface area contributed by atoms with Crippen molar-refractivity contribution < 1.29 is 4.74 Å². The number of guanidine groups is 1. The van der Waals surface area contributed by atoms with Crippen LogP contribution in [-0.2, 0) is 18.3 Å². The van der Waals surface area contributed by atoms with Gasteiger partial charge in [0.25, 0.3) is 0 Å². The molecule has 3 rings (SSSR count). The van der Waals surface area contributed by atoms with Gasteiger partial charge in [-0.15, -0.1) is 10.2 Å². The number of aryl methyl sites for hydroxylation is 1. The lowest BCUT2D eigenvalue weighted by Crippen LogP contribution is -2.42. The van der Waals surface area contributed by atoms with Crippen molar-refractivity contribution in [3.05, 3.63) is 11.6 Å². The summed E-state index contributed by atoms with van der Waals surface area (Å²) in [5.74, 6) is 2.82. The van der Waals surface area contributed by atoms with Crippen molar-refractivity contribution in [1.29, 1.82) is 0 Å². The van der Waals surface area contributed by atoms with E-state index >= 15 is 0 Å². The minimum atomic E-state index is 0.428. The summed E-state index contributed by atoms with van der Waals surface area (Å²) in [5.41, 5.74) is 0.428. The molecule has 1 aromatic rings. The number of hydrogen-bond donors (Lipinski definition) is 1. The first-order valence-corrected chi connectivity index (χ1v) is 8.02. The zero-order chi connectivity index (χ0) is 15.6. The lowest BCUT2D eigenvalue weighted by molar-refractivity contribution is 0.0217. The predicted octanol–water partition coefficient (Wildman–Crippen LogP) is 0.701. The summed E-state index contributed by atoms with van der Waals surface area (Å²) in [6, 6.07) is 0. The maximum absolute atomic E-state index is 5.52. The van der Waals surface area contributed by atoms with Crippen molar-refractivity contribution in [1.82, 2.24) is 25.0 Å². The number of aromatic nitrogens is 3. The van der Waals surface area contributed by atoms with Crippen LogP contribution in [0.3, 0.4) is 0 Å². The van der Waals surface area contributed by atoms with Crippen LogP contribution in [0.5, 0.6) is 0 Å². The molecule has 7 nitrogen and oxygen atoms in total. The molecule has 1 N–H and O–H groups in total. The Hall–Kier alpha value is -1.63. The van der Waals surface area contributed by atoms with E-state index in [4.69, 9.17) is 4.74 Å². The number of hydrogen-bond acceptors (Lipinski definition) is 4. The molecule has 7 heteroatoms. The number of nitrogens with zero attached hydrogens (tertiary/aromatic N) is 5. The summed E-state index contributed by atoms with van der Waals surface area (Å²) in [6.45, 7) is 6.55. The van der Waals surface area contributed by atoms with Crippen LogP contribution in [-0.4, -0.2) is 59.0 Å². The van der Waals surface area contributed by atoms with E-state index in [0.717, 1.165) is 43.9 Å². The Morgan fingerprint density at radius 2 is 2.09 bits per heavy atom. The van der Waals surface area contributed by atoms with Crippen LogP contribution in [0.2, 0.25) is 0 Å². The molecule has 0 radical (unpaired) electrons. The van der Waals surface area contributed by atoms with Crippen LogP contribution in [0.15, 0.2) is 4.99 Å². The second-order valence-electron chi connectivity index (χ2n) is 6.41. The van der Waals surface area contributed by atoms with Crippen molar-refractivity contribution in [3.8, 4) is 0 Å². The smallest absolute Gasteiger partial charge is 0.194 e. The van der Waals surface area contributed by atoms with Gasteiger partial charge in [0.15, 0.2) is 11.8 Å². The van der Waals surface area contributed by atoms with E-state index in [1.54, 1.807) is 0 Å². The summed E-state index contributed by atoms with van der Waals surface area (Å²) in [5, 5.41) is 11.7.